The molecule has 0 unspecified atom stereocenters. The van der Waals surface area contributed by atoms with Gasteiger partial charge in [0.1, 0.15) is 0 Å². The summed E-state index contributed by atoms with van der Waals surface area (Å²) in [5.74, 6) is 1.31. The highest BCUT2D eigenvalue weighted by atomic mass is 35.5. The number of hydrogen-bond acceptors (Lipinski definition) is 3. The van der Waals surface area contributed by atoms with Crippen LogP contribution in [0.15, 0.2) is 30.3 Å². The number of rotatable bonds is 7. The first-order valence-corrected chi connectivity index (χ1v) is 8.36. The van der Waals surface area contributed by atoms with Crippen LogP contribution < -0.4 is 14.8 Å². The molecule has 2 rings (SSSR count). The van der Waals surface area contributed by atoms with Gasteiger partial charge in [0.25, 0.3) is 0 Å². The molecule has 0 saturated heterocycles. The van der Waals surface area contributed by atoms with Gasteiger partial charge >= 0.3 is 0 Å². The van der Waals surface area contributed by atoms with Crippen molar-refractivity contribution in [1.29, 1.82) is 0 Å². The molecule has 0 fully saturated rings. The predicted octanol–water partition coefficient (Wildman–Crippen LogP) is 6.06. The molecule has 6 heteroatoms. The van der Waals surface area contributed by atoms with Crippen molar-refractivity contribution < 1.29 is 9.47 Å². The number of benzene rings is 2. The van der Waals surface area contributed by atoms with Crippen LogP contribution in [0.1, 0.15) is 18.9 Å². The van der Waals surface area contributed by atoms with Crippen LogP contribution in [-0.4, -0.2) is 13.7 Å². The fourth-order valence-corrected chi connectivity index (χ4v) is 2.52. The monoisotopic (exact) mass is 373 g/mol. The lowest BCUT2D eigenvalue weighted by atomic mass is 10.2. The summed E-state index contributed by atoms with van der Waals surface area (Å²) in [5, 5.41) is 4.90. The Bertz CT molecular complexity index is 677. The lowest BCUT2D eigenvalue weighted by Crippen LogP contribution is -2.03. The van der Waals surface area contributed by atoms with Crippen molar-refractivity contribution in [3.8, 4) is 11.5 Å². The largest absolute Gasteiger partial charge is 0.493 e. The van der Waals surface area contributed by atoms with E-state index in [1.54, 1.807) is 25.3 Å². The van der Waals surface area contributed by atoms with Gasteiger partial charge in [0.2, 0.25) is 0 Å². The first kappa shape index (κ1) is 18.1. The first-order chi connectivity index (χ1) is 11.0. The van der Waals surface area contributed by atoms with Crippen LogP contribution in [0.2, 0.25) is 15.1 Å². The molecule has 0 atom stereocenters. The van der Waals surface area contributed by atoms with Crippen LogP contribution in [-0.2, 0) is 6.54 Å². The van der Waals surface area contributed by atoms with Crippen molar-refractivity contribution in [2.75, 3.05) is 19.0 Å². The molecule has 0 aliphatic carbocycles. The van der Waals surface area contributed by atoms with Crippen molar-refractivity contribution in [2.45, 2.75) is 19.9 Å². The van der Waals surface area contributed by atoms with Crippen molar-refractivity contribution >= 4 is 40.5 Å². The Kier molecular flexibility index (Phi) is 6.70. The van der Waals surface area contributed by atoms with Gasteiger partial charge in [-0.05, 0) is 36.2 Å². The van der Waals surface area contributed by atoms with E-state index in [4.69, 9.17) is 44.3 Å². The minimum atomic E-state index is 0.503. The second kappa shape index (κ2) is 8.53. The van der Waals surface area contributed by atoms with E-state index in [1.165, 1.54) is 0 Å². The summed E-state index contributed by atoms with van der Waals surface area (Å²) in [5.41, 5.74) is 1.76. The van der Waals surface area contributed by atoms with E-state index in [9.17, 15) is 0 Å². The molecule has 0 radical (unpaired) electrons. The van der Waals surface area contributed by atoms with Crippen LogP contribution in [0.25, 0.3) is 0 Å². The summed E-state index contributed by atoms with van der Waals surface area (Å²) >= 11 is 18.3. The van der Waals surface area contributed by atoms with Gasteiger partial charge in [0.15, 0.2) is 11.5 Å². The maximum Gasteiger partial charge on any atom is 0.162 e. The molecule has 0 amide bonds. The number of anilines is 1. The van der Waals surface area contributed by atoms with Crippen LogP contribution in [0, 0.1) is 0 Å². The molecule has 2 aromatic carbocycles. The van der Waals surface area contributed by atoms with Gasteiger partial charge in [-0.15, -0.1) is 0 Å². The Labute approximate surface area is 151 Å². The van der Waals surface area contributed by atoms with E-state index in [0.29, 0.717) is 39.7 Å². The molecular weight excluding hydrogens is 357 g/mol. The van der Waals surface area contributed by atoms with Crippen molar-refractivity contribution in [3.63, 3.8) is 0 Å². The lowest BCUT2D eigenvalue weighted by molar-refractivity contribution is 0.294. The molecule has 0 heterocycles. The number of methoxy groups -OCH3 is 1. The van der Waals surface area contributed by atoms with Crippen molar-refractivity contribution in [1.82, 2.24) is 0 Å². The number of ether oxygens (including phenoxy) is 2. The van der Waals surface area contributed by atoms with E-state index in [1.807, 2.05) is 19.1 Å². The molecule has 124 valence electrons. The summed E-state index contributed by atoms with van der Waals surface area (Å²) in [6, 6.07) is 9.03. The molecule has 0 bridgehead atoms. The third-order valence-corrected chi connectivity index (χ3v) is 4.29. The summed E-state index contributed by atoms with van der Waals surface area (Å²) in [7, 11) is 1.61. The van der Waals surface area contributed by atoms with Gasteiger partial charge in [0.05, 0.1) is 23.8 Å². The maximum atomic E-state index is 6.34. The third-order valence-electron chi connectivity index (χ3n) is 3.20. The van der Waals surface area contributed by atoms with Gasteiger partial charge in [-0.1, -0.05) is 41.7 Å². The minimum absolute atomic E-state index is 0.503. The van der Waals surface area contributed by atoms with Gasteiger partial charge in [-0.25, -0.2) is 0 Å². The molecule has 0 spiro atoms. The molecule has 1 N–H and O–H groups in total. The normalized spacial score (nSPS) is 10.5. The fourth-order valence-electron chi connectivity index (χ4n) is 2.00. The minimum Gasteiger partial charge on any atom is -0.493 e. The molecule has 0 aromatic heterocycles. The Hall–Kier alpha value is -1.29. The standard InChI is InChI=1S/C17H18Cl3NO2/c1-3-6-23-17-9-14(19)11(7-16(17)22-2)10-21-12-4-5-13(18)15(20)8-12/h4-5,7-9,21H,3,6,10H2,1-2H3. The molecule has 0 aliphatic heterocycles. The average molecular weight is 375 g/mol. The second-order valence-corrected chi connectivity index (χ2v) is 6.15. The number of halogens is 3. The topological polar surface area (TPSA) is 30.5 Å². The Balaban J connectivity index is 2.14. The first-order valence-electron chi connectivity index (χ1n) is 7.23. The lowest BCUT2D eigenvalue weighted by Gasteiger charge is -2.14. The summed E-state index contributed by atoms with van der Waals surface area (Å²) in [6.45, 7) is 3.19. The smallest absolute Gasteiger partial charge is 0.162 e. The number of hydrogen-bond donors (Lipinski definition) is 1. The molecule has 3 nitrogen and oxygen atoms in total. The summed E-state index contributed by atoms with van der Waals surface area (Å²) in [4.78, 5) is 0. The molecule has 2 aromatic rings. The van der Waals surface area contributed by atoms with Crippen LogP contribution in [0.4, 0.5) is 5.69 Å². The molecule has 0 aliphatic rings. The summed E-state index contributed by atoms with van der Waals surface area (Å²) < 4.78 is 11.0. The molecule has 23 heavy (non-hydrogen) atoms. The Morgan fingerprint density at radius 2 is 1.74 bits per heavy atom. The summed E-state index contributed by atoms with van der Waals surface area (Å²) in [6.07, 6.45) is 0.918. The highest BCUT2D eigenvalue weighted by Gasteiger charge is 2.11. The quantitative estimate of drug-likeness (QED) is 0.639. The Morgan fingerprint density at radius 1 is 0.957 bits per heavy atom. The van der Waals surface area contributed by atoms with Gasteiger partial charge in [-0.3, -0.25) is 0 Å². The van der Waals surface area contributed by atoms with Gasteiger partial charge in [-0.2, -0.15) is 0 Å². The van der Waals surface area contributed by atoms with Gasteiger partial charge in [0, 0.05) is 23.3 Å². The molecular formula is C17H18Cl3NO2. The SMILES string of the molecule is CCCOc1cc(Cl)c(CNc2ccc(Cl)c(Cl)c2)cc1OC. The van der Waals surface area contributed by atoms with Crippen LogP contribution in [0.3, 0.4) is 0 Å². The van der Waals surface area contributed by atoms with Crippen molar-refractivity contribution in [2.24, 2.45) is 0 Å². The van der Waals surface area contributed by atoms with E-state index in [-0.39, 0.29) is 0 Å². The predicted molar refractivity (Wildman–Crippen MR) is 97.6 cm³/mol. The number of nitrogens with one attached hydrogen (secondary N) is 1. The van der Waals surface area contributed by atoms with Crippen LogP contribution in [0.5, 0.6) is 11.5 Å². The molecule has 0 saturated carbocycles. The van der Waals surface area contributed by atoms with E-state index in [2.05, 4.69) is 5.32 Å². The third kappa shape index (κ3) is 4.84. The van der Waals surface area contributed by atoms with E-state index >= 15 is 0 Å². The zero-order valence-corrected chi connectivity index (χ0v) is 15.2. The van der Waals surface area contributed by atoms with E-state index < -0.39 is 0 Å². The van der Waals surface area contributed by atoms with Crippen molar-refractivity contribution in [3.05, 3.63) is 51.0 Å². The average Bonchev–Trinajstić information content (AvgIpc) is 2.55. The second-order valence-electron chi connectivity index (χ2n) is 4.93. The zero-order valence-electron chi connectivity index (χ0n) is 13.0. The maximum absolute atomic E-state index is 6.34. The highest BCUT2D eigenvalue weighted by Crippen LogP contribution is 2.34. The highest BCUT2D eigenvalue weighted by molar-refractivity contribution is 6.42. The Morgan fingerprint density at radius 3 is 2.39 bits per heavy atom. The zero-order chi connectivity index (χ0) is 16.8. The fraction of sp³-hybridized carbons (Fsp3) is 0.294. The van der Waals surface area contributed by atoms with Gasteiger partial charge < -0.3 is 14.8 Å². The van der Waals surface area contributed by atoms with Crippen LogP contribution >= 0.6 is 34.8 Å². The van der Waals surface area contributed by atoms with E-state index in [0.717, 1.165) is 17.7 Å².